The minimum atomic E-state index is -4.78. The van der Waals surface area contributed by atoms with Gasteiger partial charge in [-0.3, -0.25) is 9.59 Å². The Morgan fingerprint density at radius 3 is 2.55 bits per heavy atom. The van der Waals surface area contributed by atoms with Crippen LogP contribution >= 0.6 is 0 Å². The third-order valence-corrected chi connectivity index (χ3v) is 6.95. The minimum Gasteiger partial charge on any atom is -0.427 e. The maximum atomic E-state index is 13.6. The highest BCUT2D eigenvalue weighted by atomic mass is 19.4. The predicted octanol–water partition coefficient (Wildman–Crippen LogP) is 4.58. The molecule has 2 atom stereocenters. The van der Waals surface area contributed by atoms with Crippen LogP contribution in [0.15, 0.2) is 59.4 Å². The van der Waals surface area contributed by atoms with Crippen LogP contribution in [-0.4, -0.2) is 51.6 Å². The summed E-state index contributed by atoms with van der Waals surface area (Å²) in [5.74, 6) is -2.51. The molecule has 1 aliphatic carbocycles. The Balaban J connectivity index is 1.39. The molecule has 1 aliphatic heterocycles. The average molecular weight is 531 g/mol. The summed E-state index contributed by atoms with van der Waals surface area (Å²) in [6, 6.07) is 7.59. The van der Waals surface area contributed by atoms with E-state index in [1.165, 1.54) is 24.6 Å². The Labute approximate surface area is 213 Å². The molecule has 1 spiro atoms. The van der Waals surface area contributed by atoms with Crippen LogP contribution in [0.4, 0.5) is 22.4 Å². The number of ether oxygens (including phenoxy) is 1. The van der Waals surface area contributed by atoms with E-state index in [1.54, 1.807) is 12.1 Å². The number of carbonyl (C=O) groups is 3. The largest absolute Gasteiger partial charge is 0.427 e. The average Bonchev–Trinajstić information content (AvgIpc) is 3.59. The fourth-order valence-electron chi connectivity index (χ4n) is 4.81. The number of aromatic nitrogens is 1. The highest BCUT2D eigenvalue weighted by molar-refractivity contribution is 6.06. The summed E-state index contributed by atoms with van der Waals surface area (Å²) in [5, 5.41) is 3.67. The van der Waals surface area contributed by atoms with E-state index in [2.05, 4.69) is 5.16 Å². The summed E-state index contributed by atoms with van der Waals surface area (Å²) in [5.41, 5.74) is 1.30. The lowest BCUT2D eigenvalue weighted by Gasteiger charge is -2.31. The first-order chi connectivity index (χ1) is 18.0. The summed E-state index contributed by atoms with van der Waals surface area (Å²) in [7, 11) is 0. The van der Waals surface area contributed by atoms with Gasteiger partial charge in [-0.1, -0.05) is 35.5 Å². The Bertz CT molecular complexity index is 1390. The SMILES string of the molecule is C[C@H](N(Cc1ccc(F)cc1)C(=O)CN1C(=O)O[C@]2(CCc3cc(-c4cnoc4)ccc32)C1=O)C(F)(F)F. The molecular formula is C26H21F4N3O5. The maximum Gasteiger partial charge on any atom is 0.418 e. The molecule has 0 saturated carbocycles. The summed E-state index contributed by atoms with van der Waals surface area (Å²) in [6.07, 6.45) is -2.37. The molecule has 1 aromatic heterocycles. The van der Waals surface area contributed by atoms with E-state index in [-0.39, 0.29) is 12.0 Å². The number of amides is 3. The van der Waals surface area contributed by atoms with Crippen molar-refractivity contribution in [3.63, 3.8) is 0 Å². The Kier molecular flexibility index (Phi) is 6.20. The number of nitrogens with zero attached hydrogens (tertiary/aromatic N) is 3. The number of hydrogen-bond acceptors (Lipinski definition) is 6. The van der Waals surface area contributed by atoms with Crippen LogP contribution in [-0.2, 0) is 32.9 Å². The number of imide groups is 1. The molecule has 2 heterocycles. The third-order valence-electron chi connectivity index (χ3n) is 6.95. The monoisotopic (exact) mass is 531 g/mol. The number of hydrogen-bond donors (Lipinski definition) is 0. The smallest absolute Gasteiger partial charge is 0.418 e. The molecule has 38 heavy (non-hydrogen) atoms. The van der Waals surface area contributed by atoms with Crippen molar-refractivity contribution in [2.75, 3.05) is 6.54 Å². The first kappa shape index (κ1) is 25.4. The van der Waals surface area contributed by atoms with E-state index in [0.717, 1.165) is 35.7 Å². The molecule has 2 aromatic carbocycles. The molecule has 1 saturated heterocycles. The first-order valence-corrected chi connectivity index (χ1v) is 11.7. The van der Waals surface area contributed by atoms with Crippen LogP contribution in [0.5, 0.6) is 0 Å². The van der Waals surface area contributed by atoms with E-state index in [0.29, 0.717) is 21.8 Å². The molecule has 0 unspecified atom stereocenters. The number of aryl methyl sites for hydroxylation is 1. The van der Waals surface area contributed by atoms with Crippen molar-refractivity contribution < 1.29 is 41.2 Å². The van der Waals surface area contributed by atoms with Crippen molar-refractivity contribution in [2.45, 2.75) is 44.1 Å². The topological polar surface area (TPSA) is 93.0 Å². The highest BCUT2D eigenvalue weighted by Gasteiger charge is 2.58. The lowest BCUT2D eigenvalue weighted by Crippen LogP contribution is -2.51. The predicted molar refractivity (Wildman–Crippen MR) is 123 cm³/mol. The van der Waals surface area contributed by atoms with Crippen molar-refractivity contribution >= 4 is 17.9 Å². The normalized spacial score (nSPS) is 19.6. The van der Waals surface area contributed by atoms with Gasteiger partial charge in [0.05, 0.1) is 6.20 Å². The lowest BCUT2D eigenvalue weighted by atomic mass is 9.93. The minimum absolute atomic E-state index is 0.128. The number of halogens is 4. The number of benzene rings is 2. The van der Waals surface area contributed by atoms with E-state index >= 15 is 0 Å². The number of fused-ring (bicyclic) bond motifs is 2. The second-order valence-corrected chi connectivity index (χ2v) is 9.24. The highest BCUT2D eigenvalue weighted by Crippen LogP contribution is 2.46. The molecule has 0 radical (unpaired) electrons. The van der Waals surface area contributed by atoms with Crippen molar-refractivity contribution in [1.29, 1.82) is 0 Å². The van der Waals surface area contributed by atoms with Gasteiger partial charge < -0.3 is 14.2 Å². The molecule has 0 bridgehead atoms. The van der Waals surface area contributed by atoms with Gasteiger partial charge in [-0.05, 0) is 42.2 Å². The van der Waals surface area contributed by atoms with Gasteiger partial charge in [0.15, 0.2) is 0 Å². The van der Waals surface area contributed by atoms with Gasteiger partial charge in [0.2, 0.25) is 11.5 Å². The molecule has 2 aliphatic rings. The van der Waals surface area contributed by atoms with Crippen LogP contribution in [0.25, 0.3) is 11.1 Å². The second kappa shape index (κ2) is 9.26. The summed E-state index contributed by atoms with van der Waals surface area (Å²) < 4.78 is 64.4. The maximum absolute atomic E-state index is 13.6. The zero-order chi connectivity index (χ0) is 27.2. The van der Waals surface area contributed by atoms with Crippen LogP contribution in [0.1, 0.15) is 30.0 Å². The van der Waals surface area contributed by atoms with Crippen molar-refractivity contribution in [1.82, 2.24) is 15.0 Å². The third kappa shape index (κ3) is 4.39. The summed E-state index contributed by atoms with van der Waals surface area (Å²) in [4.78, 5) is 40.4. The van der Waals surface area contributed by atoms with Crippen molar-refractivity contribution in [3.05, 3.63) is 77.4 Å². The summed E-state index contributed by atoms with van der Waals surface area (Å²) >= 11 is 0. The number of carbonyl (C=O) groups excluding carboxylic acids is 3. The van der Waals surface area contributed by atoms with Gasteiger partial charge in [0.1, 0.15) is 24.7 Å². The van der Waals surface area contributed by atoms with Crippen LogP contribution < -0.4 is 0 Å². The Morgan fingerprint density at radius 1 is 1.16 bits per heavy atom. The molecular weight excluding hydrogens is 510 g/mol. The van der Waals surface area contributed by atoms with Crippen LogP contribution in [0.2, 0.25) is 0 Å². The molecule has 5 rings (SSSR count). The molecule has 8 nitrogen and oxygen atoms in total. The fourth-order valence-corrected chi connectivity index (χ4v) is 4.81. The van der Waals surface area contributed by atoms with Gasteiger partial charge in [0, 0.05) is 24.1 Å². The van der Waals surface area contributed by atoms with E-state index in [1.807, 2.05) is 6.07 Å². The molecule has 3 amide bonds. The Hall–Kier alpha value is -4.22. The molecule has 12 heteroatoms. The van der Waals surface area contributed by atoms with Gasteiger partial charge in [-0.2, -0.15) is 13.2 Å². The molecule has 0 N–H and O–H groups in total. The van der Waals surface area contributed by atoms with E-state index in [9.17, 15) is 31.9 Å². The standard InChI is InChI=1S/C26H21F4N3O5/c1-15(26(28,29)30)32(12-16-2-5-20(27)6-3-16)22(34)13-33-23(35)25(38-24(33)36)9-8-18-10-17(4-7-21(18)25)19-11-31-37-14-19/h2-7,10-11,14-15H,8-9,12-13H2,1H3/t15-,25-/m0/s1. The molecule has 198 valence electrons. The fraction of sp³-hybridized carbons (Fsp3) is 0.308. The number of rotatable bonds is 6. The van der Waals surface area contributed by atoms with Crippen LogP contribution in [0, 0.1) is 5.82 Å². The van der Waals surface area contributed by atoms with Gasteiger partial charge >= 0.3 is 12.3 Å². The van der Waals surface area contributed by atoms with Crippen LogP contribution in [0.3, 0.4) is 0 Å². The second-order valence-electron chi connectivity index (χ2n) is 9.24. The summed E-state index contributed by atoms with van der Waals surface area (Å²) in [6.45, 7) is -0.640. The van der Waals surface area contributed by atoms with Crippen molar-refractivity contribution in [3.8, 4) is 11.1 Å². The number of alkyl halides is 3. The molecule has 1 fully saturated rings. The van der Waals surface area contributed by atoms with Gasteiger partial charge in [-0.25, -0.2) is 14.1 Å². The van der Waals surface area contributed by atoms with Gasteiger partial charge in [-0.15, -0.1) is 0 Å². The van der Waals surface area contributed by atoms with Gasteiger partial charge in [0.25, 0.3) is 5.91 Å². The van der Waals surface area contributed by atoms with E-state index < -0.39 is 54.6 Å². The zero-order valence-corrected chi connectivity index (χ0v) is 20.0. The zero-order valence-electron chi connectivity index (χ0n) is 20.0. The quantitative estimate of drug-likeness (QED) is 0.433. The van der Waals surface area contributed by atoms with Crippen molar-refractivity contribution in [2.24, 2.45) is 0 Å². The van der Waals surface area contributed by atoms with E-state index in [4.69, 9.17) is 9.26 Å². The Morgan fingerprint density at radius 2 is 1.89 bits per heavy atom. The lowest BCUT2D eigenvalue weighted by molar-refractivity contribution is -0.187. The molecule has 3 aromatic rings. The first-order valence-electron chi connectivity index (χ1n) is 11.7.